The van der Waals surface area contributed by atoms with Crippen LogP contribution < -0.4 is 0 Å². The Morgan fingerprint density at radius 2 is 2.25 bits per heavy atom. The van der Waals surface area contributed by atoms with Gasteiger partial charge in [0.2, 0.25) is 0 Å². The van der Waals surface area contributed by atoms with E-state index in [2.05, 4.69) is 15.9 Å². The second-order valence-electron chi connectivity index (χ2n) is 2.45. The zero-order valence-electron chi connectivity index (χ0n) is 5.88. The largest absolute Gasteiger partial charge is 0.442 e. The van der Waals surface area contributed by atoms with Crippen LogP contribution in [-0.2, 0) is 4.74 Å². The van der Waals surface area contributed by atoms with Crippen molar-refractivity contribution in [2.75, 3.05) is 0 Å². The Kier molecular flexibility index (Phi) is 1.65. The molecule has 0 saturated carbocycles. The highest BCUT2D eigenvalue weighted by atomic mass is 79.9. The minimum absolute atomic E-state index is 0.303. The molecule has 2 nitrogen and oxygen atoms in total. The van der Waals surface area contributed by atoms with Crippen molar-refractivity contribution >= 4 is 21.9 Å². The van der Waals surface area contributed by atoms with Gasteiger partial charge in [0.15, 0.2) is 5.01 Å². The average Bonchev–Trinajstić information content (AvgIpc) is 2.28. The number of carbonyl (C=O) groups is 1. The molecule has 0 radical (unpaired) electrons. The maximum Gasteiger partial charge on any atom is 0.340 e. The topological polar surface area (TPSA) is 26.3 Å². The van der Waals surface area contributed by atoms with Crippen molar-refractivity contribution in [1.29, 1.82) is 0 Å². The number of fused-ring (bicyclic) bond motifs is 1. The summed E-state index contributed by atoms with van der Waals surface area (Å²) < 4.78 is 17.4. The third-order valence-corrected chi connectivity index (χ3v) is 2.37. The Morgan fingerprint density at radius 3 is 3.00 bits per heavy atom. The van der Waals surface area contributed by atoms with Gasteiger partial charge < -0.3 is 4.74 Å². The quantitative estimate of drug-likeness (QED) is 0.506. The van der Waals surface area contributed by atoms with Crippen LogP contribution >= 0.6 is 15.9 Å². The maximum atomic E-state index is 12.6. The minimum atomic E-state index is -0.480. The maximum absolute atomic E-state index is 12.6. The van der Waals surface area contributed by atoms with Crippen molar-refractivity contribution in [2.45, 2.75) is 5.01 Å². The number of esters is 1. The number of alkyl halides is 1. The van der Waals surface area contributed by atoms with Crippen LogP contribution in [0.1, 0.15) is 20.9 Å². The first-order valence-electron chi connectivity index (χ1n) is 3.33. The highest BCUT2D eigenvalue weighted by Crippen LogP contribution is 2.34. The summed E-state index contributed by atoms with van der Waals surface area (Å²) in [5, 5.41) is -0.430. The fourth-order valence-electron chi connectivity index (χ4n) is 1.12. The summed E-state index contributed by atoms with van der Waals surface area (Å²) in [6.45, 7) is 0. The minimum Gasteiger partial charge on any atom is -0.442 e. The van der Waals surface area contributed by atoms with E-state index in [4.69, 9.17) is 4.74 Å². The molecule has 1 aliphatic heterocycles. The lowest BCUT2D eigenvalue weighted by atomic mass is 10.1. The number of halogens is 2. The first-order valence-corrected chi connectivity index (χ1v) is 4.24. The summed E-state index contributed by atoms with van der Waals surface area (Å²) in [5.41, 5.74) is 0.985. The second-order valence-corrected chi connectivity index (χ2v) is 3.28. The van der Waals surface area contributed by atoms with Crippen LogP contribution in [0.15, 0.2) is 18.2 Å². The molecule has 0 N–H and O–H groups in total. The Labute approximate surface area is 76.5 Å². The Bertz CT molecular complexity index is 351. The molecule has 1 atom stereocenters. The molecule has 2 rings (SSSR count). The van der Waals surface area contributed by atoms with Crippen LogP contribution in [-0.4, -0.2) is 5.97 Å². The molecule has 1 aromatic carbocycles. The SMILES string of the molecule is O=C1OC(Br)c2ccc(F)cc21. The van der Waals surface area contributed by atoms with E-state index in [0.717, 1.165) is 0 Å². The third-order valence-electron chi connectivity index (χ3n) is 1.69. The van der Waals surface area contributed by atoms with E-state index in [0.29, 0.717) is 11.1 Å². The lowest BCUT2D eigenvalue weighted by Crippen LogP contribution is -1.93. The lowest BCUT2D eigenvalue weighted by molar-refractivity contribution is 0.0530. The molecule has 1 unspecified atom stereocenters. The number of cyclic esters (lactones) is 1. The number of ether oxygens (including phenoxy) is 1. The van der Waals surface area contributed by atoms with Gasteiger partial charge >= 0.3 is 5.97 Å². The molecule has 4 heteroatoms. The van der Waals surface area contributed by atoms with Gasteiger partial charge in [-0.1, -0.05) is 6.07 Å². The lowest BCUT2D eigenvalue weighted by Gasteiger charge is -1.98. The van der Waals surface area contributed by atoms with E-state index in [1.807, 2.05) is 0 Å². The number of hydrogen-bond donors (Lipinski definition) is 0. The molecule has 0 amide bonds. The van der Waals surface area contributed by atoms with Crippen molar-refractivity contribution < 1.29 is 13.9 Å². The highest BCUT2D eigenvalue weighted by molar-refractivity contribution is 9.09. The number of rotatable bonds is 0. The molecule has 0 spiro atoms. The van der Waals surface area contributed by atoms with Gasteiger partial charge in [0.05, 0.1) is 5.56 Å². The molecule has 1 aromatic rings. The van der Waals surface area contributed by atoms with Gasteiger partial charge in [0.1, 0.15) is 5.82 Å². The van der Waals surface area contributed by atoms with E-state index >= 15 is 0 Å². The molecule has 1 heterocycles. The molecule has 0 bridgehead atoms. The normalized spacial score (nSPS) is 20.5. The predicted octanol–water partition coefficient (Wildman–Crippen LogP) is 2.39. The first kappa shape index (κ1) is 7.73. The molecule has 12 heavy (non-hydrogen) atoms. The molecule has 0 fully saturated rings. The fraction of sp³-hybridized carbons (Fsp3) is 0.125. The molecule has 62 valence electrons. The average molecular weight is 231 g/mol. The van der Waals surface area contributed by atoms with Gasteiger partial charge in [-0.2, -0.15) is 0 Å². The van der Waals surface area contributed by atoms with Gasteiger partial charge in [0.25, 0.3) is 0 Å². The van der Waals surface area contributed by atoms with Crippen LogP contribution in [0.2, 0.25) is 0 Å². The van der Waals surface area contributed by atoms with Crippen molar-refractivity contribution in [1.82, 2.24) is 0 Å². The van der Waals surface area contributed by atoms with Crippen LogP contribution in [0.5, 0.6) is 0 Å². The summed E-state index contributed by atoms with van der Waals surface area (Å²) >= 11 is 3.14. The van der Waals surface area contributed by atoms with Gasteiger partial charge in [0, 0.05) is 5.56 Å². The zero-order valence-corrected chi connectivity index (χ0v) is 7.47. The summed E-state index contributed by atoms with van der Waals surface area (Å²) in [6, 6.07) is 4.02. The zero-order chi connectivity index (χ0) is 8.72. The standard InChI is InChI=1S/C8H4BrFO2/c9-7-5-2-1-4(10)3-6(5)8(11)12-7/h1-3,7H. The molecule has 0 aromatic heterocycles. The van der Waals surface area contributed by atoms with Crippen molar-refractivity contribution in [3.05, 3.63) is 35.1 Å². The summed E-state index contributed by atoms with van der Waals surface area (Å²) in [7, 11) is 0. The number of carbonyl (C=O) groups excluding carboxylic acids is 1. The summed E-state index contributed by atoms with van der Waals surface area (Å²) in [6.07, 6.45) is 0. The second kappa shape index (κ2) is 2.55. The molecule has 0 saturated heterocycles. The van der Waals surface area contributed by atoms with Crippen LogP contribution in [0.4, 0.5) is 4.39 Å². The van der Waals surface area contributed by atoms with Gasteiger partial charge in [-0.15, -0.1) is 0 Å². The first-order chi connectivity index (χ1) is 5.68. The van der Waals surface area contributed by atoms with Crippen molar-refractivity contribution in [2.24, 2.45) is 0 Å². The number of benzene rings is 1. The van der Waals surface area contributed by atoms with Gasteiger partial charge in [-0.05, 0) is 28.1 Å². The third kappa shape index (κ3) is 1.03. The Balaban J connectivity index is 2.60. The van der Waals surface area contributed by atoms with Gasteiger partial charge in [-0.25, -0.2) is 9.18 Å². The van der Waals surface area contributed by atoms with E-state index in [9.17, 15) is 9.18 Å². The van der Waals surface area contributed by atoms with Crippen LogP contribution in [0.3, 0.4) is 0 Å². The fourth-order valence-corrected chi connectivity index (χ4v) is 1.69. The summed E-state index contributed by atoms with van der Waals surface area (Å²) in [4.78, 5) is 11.0. The van der Waals surface area contributed by atoms with Crippen LogP contribution in [0.25, 0.3) is 0 Å². The van der Waals surface area contributed by atoms with E-state index in [1.165, 1.54) is 18.2 Å². The van der Waals surface area contributed by atoms with Crippen LogP contribution in [0, 0.1) is 5.82 Å². The Hall–Kier alpha value is -0.900. The van der Waals surface area contributed by atoms with E-state index < -0.39 is 16.8 Å². The molecular weight excluding hydrogens is 227 g/mol. The molecule has 0 aliphatic carbocycles. The number of hydrogen-bond acceptors (Lipinski definition) is 2. The predicted molar refractivity (Wildman–Crippen MR) is 43.5 cm³/mol. The monoisotopic (exact) mass is 230 g/mol. The Morgan fingerprint density at radius 1 is 1.50 bits per heavy atom. The highest BCUT2D eigenvalue weighted by Gasteiger charge is 2.28. The van der Waals surface area contributed by atoms with E-state index in [-0.39, 0.29) is 0 Å². The van der Waals surface area contributed by atoms with Gasteiger partial charge in [-0.3, -0.25) is 0 Å². The summed E-state index contributed by atoms with van der Waals surface area (Å²) in [5.74, 6) is -0.904. The molecule has 1 aliphatic rings. The smallest absolute Gasteiger partial charge is 0.340 e. The van der Waals surface area contributed by atoms with E-state index in [1.54, 1.807) is 0 Å². The van der Waals surface area contributed by atoms with Crippen molar-refractivity contribution in [3.63, 3.8) is 0 Å². The molecular formula is C8H4BrFO2. The van der Waals surface area contributed by atoms with Crippen molar-refractivity contribution in [3.8, 4) is 0 Å².